The largest absolute Gasteiger partial charge is 0.507 e. The first kappa shape index (κ1) is 25.5. The monoisotopic (exact) mass is 483 g/mol. The van der Waals surface area contributed by atoms with Crippen molar-refractivity contribution in [2.24, 2.45) is 0 Å². The number of amides is 1. The summed E-state index contributed by atoms with van der Waals surface area (Å²) in [6, 6.07) is 10.7. The number of rotatable bonds is 6. The van der Waals surface area contributed by atoms with E-state index in [4.69, 9.17) is 14.2 Å². The van der Waals surface area contributed by atoms with Crippen molar-refractivity contribution in [3.8, 4) is 11.5 Å². The van der Waals surface area contributed by atoms with Crippen LogP contribution in [0, 0.1) is 0 Å². The SMILES string of the molecule is CC(C)(C)c1cc(C(O)C2Oc3ccccc3NC2=O)cc(C(C)(C)COC2CCCCO2)c1O. The van der Waals surface area contributed by atoms with E-state index in [1.807, 2.05) is 46.8 Å². The number of carbonyl (C=O) groups excluding carboxylic acids is 1. The summed E-state index contributed by atoms with van der Waals surface area (Å²) < 4.78 is 17.7. The molecule has 35 heavy (non-hydrogen) atoms. The molecule has 1 saturated heterocycles. The van der Waals surface area contributed by atoms with Crippen LogP contribution in [0.3, 0.4) is 0 Å². The van der Waals surface area contributed by atoms with Crippen LogP contribution in [0.15, 0.2) is 36.4 Å². The molecule has 3 N–H and O–H groups in total. The number of phenolic OH excluding ortho intramolecular Hbond substituents is 1. The van der Waals surface area contributed by atoms with E-state index in [1.165, 1.54) is 0 Å². The molecule has 0 aliphatic carbocycles. The van der Waals surface area contributed by atoms with E-state index in [0.717, 1.165) is 19.3 Å². The van der Waals surface area contributed by atoms with Crippen molar-refractivity contribution in [2.45, 2.75) is 83.2 Å². The molecule has 7 nitrogen and oxygen atoms in total. The molecule has 3 atom stereocenters. The van der Waals surface area contributed by atoms with Crippen molar-refractivity contribution in [3.05, 3.63) is 53.1 Å². The van der Waals surface area contributed by atoms with E-state index >= 15 is 0 Å². The number of aliphatic hydroxyl groups excluding tert-OH is 1. The molecule has 2 heterocycles. The Morgan fingerprint density at radius 1 is 1.11 bits per heavy atom. The molecule has 0 aromatic heterocycles. The molecule has 2 aliphatic heterocycles. The van der Waals surface area contributed by atoms with Crippen LogP contribution in [0.25, 0.3) is 0 Å². The summed E-state index contributed by atoms with van der Waals surface area (Å²) in [7, 11) is 0. The van der Waals surface area contributed by atoms with Gasteiger partial charge in [-0.3, -0.25) is 4.79 Å². The minimum Gasteiger partial charge on any atom is -0.507 e. The first-order valence-corrected chi connectivity index (χ1v) is 12.3. The maximum Gasteiger partial charge on any atom is 0.268 e. The second-order valence-corrected chi connectivity index (χ2v) is 11.2. The normalized spacial score (nSPS) is 21.6. The average Bonchev–Trinajstić information content (AvgIpc) is 2.82. The summed E-state index contributed by atoms with van der Waals surface area (Å²) in [5, 5.41) is 25.5. The van der Waals surface area contributed by atoms with Crippen LogP contribution < -0.4 is 10.1 Å². The lowest BCUT2D eigenvalue weighted by Crippen LogP contribution is -2.41. The van der Waals surface area contributed by atoms with Gasteiger partial charge in [0.2, 0.25) is 6.10 Å². The number of anilines is 1. The van der Waals surface area contributed by atoms with Gasteiger partial charge in [-0.15, -0.1) is 0 Å². The lowest BCUT2D eigenvalue weighted by Gasteiger charge is -2.34. The number of carbonyl (C=O) groups is 1. The molecule has 4 rings (SSSR count). The highest BCUT2D eigenvalue weighted by Crippen LogP contribution is 2.43. The van der Waals surface area contributed by atoms with E-state index in [-0.39, 0.29) is 12.0 Å². The van der Waals surface area contributed by atoms with Gasteiger partial charge in [-0.1, -0.05) is 46.8 Å². The van der Waals surface area contributed by atoms with Crippen LogP contribution in [0.5, 0.6) is 11.5 Å². The van der Waals surface area contributed by atoms with E-state index in [0.29, 0.717) is 41.3 Å². The van der Waals surface area contributed by atoms with Gasteiger partial charge < -0.3 is 29.7 Å². The van der Waals surface area contributed by atoms with Crippen LogP contribution in [-0.4, -0.2) is 41.7 Å². The third-order valence-electron chi connectivity index (χ3n) is 6.72. The minimum absolute atomic E-state index is 0.172. The lowest BCUT2D eigenvalue weighted by atomic mass is 9.77. The molecule has 190 valence electrons. The number of ether oxygens (including phenoxy) is 3. The van der Waals surface area contributed by atoms with Crippen molar-refractivity contribution in [2.75, 3.05) is 18.5 Å². The van der Waals surface area contributed by atoms with Crippen LogP contribution in [-0.2, 0) is 25.1 Å². The smallest absolute Gasteiger partial charge is 0.268 e. The summed E-state index contributed by atoms with van der Waals surface area (Å²) >= 11 is 0. The summed E-state index contributed by atoms with van der Waals surface area (Å²) in [6.07, 6.45) is 0.357. The van der Waals surface area contributed by atoms with Gasteiger partial charge in [0, 0.05) is 17.6 Å². The molecule has 0 saturated carbocycles. The maximum absolute atomic E-state index is 12.8. The summed E-state index contributed by atoms with van der Waals surface area (Å²) in [6.45, 7) is 11.0. The molecule has 1 fully saturated rings. The van der Waals surface area contributed by atoms with E-state index in [2.05, 4.69) is 5.32 Å². The number of aliphatic hydroxyl groups is 1. The van der Waals surface area contributed by atoms with E-state index in [1.54, 1.807) is 24.3 Å². The van der Waals surface area contributed by atoms with Crippen LogP contribution in [0.2, 0.25) is 0 Å². The third kappa shape index (κ3) is 5.47. The molecular weight excluding hydrogens is 446 g/mol. The van der Waals surface area contributed by atoms with Crippen LogP contribution in [0.1, 0.15) is 76.7 Å². The molecule has 1 amide bonds. The predicted molar refractivity (Wildman–Crippen MR) is 134 cm³/mol. The number of benzene rings is 2. The summed E-state index contributed by atoms with van der Waals surface area (Å²) in [5.74, 6) is 0.263. The van der Waals surface area contributed by atoms with Crippen LogP contribution in [0.4, 0.5) is 5.69 Å². The fourth-order valence-electron chi connectivity index (χ4n) is 4.59. The number of fused-ring (bicyclic) bond motifs is 1. The highest BCUT2D eigenvalue weighted by molar-refractivity contribution is 5.98. The zero-order chi connectivity index (χ0) is 25.4. The second kappa shape index (κ2) is 9.80. The number of aromatic hydroxyl groups is 1. The zero-order valence-electron chi connectivity index (χ0n) is 21.3. The van der Waals surface area contributed by atoms with Crippen molar-refractivity contribution in [3.63, 3.8) is 0 Å². The van der Waals surface area contributed by atoms with Crippen molar-refractivity contribution in [1.29, 1.82) is 0 Å². The predicted octanol–water partition coefficient (Wildman–Crippen LogP) is 4.94. The molecule has 2 aliphatic rings. The molecule has 2 aromatic carbocycles. The van der Waals surface area contributed by atoms with Crippen LogP contribution >= 0.6 is 0 Å². The number of phenols is 1. The van der Waals surface area contributed by atoms with Gasteiger partial charge in [0.05, 0.1) is 12.3 Å². The van der Waals surface area contributed by atoms with Crippen molar-refractivity contribution in [1.82, 2.24) is 0 Å². The molecule has 7 heteroatoms. The Hall–Kier alpha value is -2.61. The fraction of sp³-hybridized carbons (Fsp3) is 0.536. The standard InChI is InChI=1S/C28H37NO6/c1-27(2,3)18-14-17(23(30)25-26(32)29-20-10-6-7-11-21(20)35-25)15-19(24(18)31)28(4,5)16-34-22-12-8-9-13-33-22/h6-7,10-11,14-15,22-23,25,30-31H,8-9,12-13,16H2,1-5H3,(H,29,32). The second-order valence-electron chi connectivity index (χ2n) is 11.2. The van der Waals surface area contributed by atoms with Gasteiger partial charge in [0.25, 0.3) is 5.91 Å². The van der Waals surface area contributed by atoms with Crippen molar-refractivity contribution < 1.29 is 29.2 Å². The van der Waals surface area contributed by atoms with Gasteiger partial charge in [-0.05, 0) is 60.1 Å². The Morgan fingerprint density at radius 3 is 2.51 bits per heavy atom. The van der Waals surface area contributed by atoms with E-state index in [9.17, 15) is 15.0 Å². The van der Waals surface area contributed by atoms with Crippen molar-refractivity contribution >= 4 is 11.6 Å². The van der Waals surface area contributed by atoms with Gasteiger partial charge >= 0.3 is 0 Å². The highest BCUT2D eigenvalue weighted by Gasteiger charge is 2.37. The molecule has 0 spiro atoms. The Labute approximate surface area is 207 Å². The van der Waals surface area contributed by atoms with E-state index < -0.39 is 28.9 Å². The zero-order valence-corrected chi connectivity index (χ0v) is 21.3. The average molecular weight is 484 g/mol. The number of nitrogens with one attached hydrogen (secondary N) is 1. The Morgan fingerprint density at radius 2 is 1.83 bits per heavy atom. The number of hydrogen-bond donors (Lipinski definition) is 3. The number of para-hydroxylation sites is 2. The van der Waals surface area contributed by atoms with Gasteiger partial charge in [0.1, 0.15) is 17.6 Å². The highest BCUT2D eigenvalue weighted by atomic mass is 16.7. The molecule has 2 aromatic rings. The first-order chi connectivity index (χ1) is 16.5. The summed E-state index contributed by atoms with van der Waals surface area (Å²) in [5.41, 5.74) is 1.42. The fourth-order valence-corrected chi connectivity index (χ4v) is 4.59. The molecule has 0 radical (unpaired) electrons. The minimum atomic E-state index is -1.23. The molecule has 0 bridgehead atoms. The Kier molecular flexibility index (Phi) is 7.13. The Balaban J connectivity index is 1.67. The molecular formula is C28H37NO6. The quantitative estimate of drug-likeness (QED) is 0.538. The third-order valence-corrected chi connectivity index (χ3v) is 6.72. The first-order valence-electron chi connectivity index (χ1n) is 12.3. The Bertz CT molecular complexity index is 1070. The topological polar surface area (TPSA) is 97.3 Å². The van der Waals surface area contributed by atoms with Gasteiger partial charge in [-0.2, -0.15) is 0 Å². The maximum atomic E-state index is 12.8. The lowest BCUT2D eigenvalue weighted by molar-refractivity contribution is -0.170. The number of hydrogen-bond acceptors (Lipinski definition) is 6. The van der Waals surface area contributed by atoms with Gasteiger partial charge in [0.15, 0.2) is 6.29 Å². The molecule has 3 unspecified atom stereocenters. The van der Waals surface area contributed by atoms with Gasteiger partial charge in [-0.25, -0.2) is 0 Å². The summed E-state index contributed by atoms with van der Waals surface area (Å²) in [4.78, 5) is 12.8.